The molecule has 1 N–H and O–H groups in total. The van der Waals surface area contributed by atoms with Crippen molar-refractivity contribution in [2.75, 3.05) is 7.05 Å². The molecule has 2 rings (SSSR count). The topological polar surface area (TPSA) is 49.4 Å². The van der Waals surface area contributed by atoms with Crippen LogP contribution in [0.5, 0.6) is 0 Å². The zero-order chi connectivity index (χ0) is 10.3. The van der Waals surface area contributed by atoms with Crippen LogP contribution in [0.25, 0.3) is 0 Å². The van der Waals surface area contributed by atoms with Crippen LogP contribution < -0.4 is 5.32 Å². The Morgan fingerprint density at radius 1 is 1.43 bits per heavy atom. The quantitative estimate of drug-likeness (QED) is 0.645. The summed E-state index contributed by atoms with van der Waals surface area (Å²) in [6.07, 6.45) is 3.75. The van der Waals surface area contributed by atoms with Gasteiger partial charge in [0.2, 0.25) is 11.8 Å². The highest BCUT2D eigenvalue weighted by Crippen LogP contribution is 2.32. The first-order valence-electron chi connectivity index (χ1n) is 5.10. The fraction of sp³-hybridized carbons (Fsp3) is 0.800. The van der Waals surface area contributed by atoms with E-state index in [0.717, 1.165) is 12.8 Å². The number of nitrogens with one attached hydrogen (secondary N) is 1. The molecule has 1 saturated carbocycles. The third-order valence-corrected chi connectivity index (χ3v) is 3.36. The van der Waals surface area contributed by atoms with Crippen molar-refractivity contribution in [3.63, 3.8) is 0 Å². The number of likely N-dealkylation sites (tertiary alicyclic amines) is 1. The lowest BCUT2D eigenvalue weighted by molar-refractivity contribution is -0.137. The Labute approximate surface area is 83.6 Å². The molecular formula is C10H16N2O2. The largest absolute Gasteiger partial charge is 0.300 e. The summed E-state index contributed by atoms with van der Waals surface area (Å²) in [7, 11) is 1.55. The van der Waals surface area contributed by atoms with Crippen LogP contribution in [-0.2, 0) is 9.59 Å². The maximum Gasteiger partial charge on any atom is 0.246 e. The molecule has 0 spiro atoms. The van der Waals surface area contributed by atoms with Crippen molar-refractivity contribution in [1.82, 2.24) is 10.2 Å². The van der Waals surface area contributed by atoms with Crippen LogP contribution in [0.4, 0.5) is 0 Å². The van der Waals surface area contributed by atoms with Gasteiger partial charge in [-0.15, -0.1) is 0 Å². The minimum atomic E-state index is -0.280. The van der Waals surface area contributed by atoms with Gasteiger partial charge >= 0.3 is 0 Å². The molecule has 2 fully saturated rings. The van der Waals surface area contributed by atoms with Gasteiger partial charge in [0.05, 0.1) is 12.5 Å². The Bertz CT molecular complexity index is 284. The van der Waals surface area contributed by atoms with Crippen molar-refractivity contribution in [2.24, 2.45) is 0 Å². The molecule has 0 radical (unpaired) electrons. The maximum atomic E-state index is 11.6. The fourth-order valence-electron chi connectivity index (χ4n) is 2.14. The molecule has 1 aliphatic heterocycles. The van der Waals surface area contributed by atoms with E-state index < -0.39 is 0 Å². The molecule has 1 aliphatic carbocycles. The molecule has 4 heteroatoms. The highest BCUT2D eigenvalue weighted by atomic mass is 16.2. The molecule has 2 aliphatic rings. The zero-order valence-electron chi connectivity index (χ0n) is 8.67. The fourth-order valence-corrected chi connectivity index (χ4v) is 2.14. The predicted octanol–water partition coefficient (Wildman–Crippen LogP) is 0.276. The molecule has 1 atom stereocenters. The van der Waals surface area contributed by atoms with Crippen LogP contribution in [0, 0.1) is 0 Å². The molecule has 2 amide bonds. The number of hydrogen-bond acceptors (Lipinski definition) is 3. The molecule has 1 unspecified atom stereocenters. The lowest BCUT2D eigenvalue weighted by Crippen LogP contribution is -2.54. The summed E-state index contributed by atoms with van der Waals surface area (Å²) < 4.78 is 0. The van der Waals surface area contributed by atoms with Gasteiger partial charge in [0.25, 0.3) is 0 Å². The summed E-state index contributed by atoms with van der Waals surface area (Å²) in [5.41, 5.74) is 0.0891. The molecule has 0 aromatic heterocycles. The Hall–Kier alpha value is -0.900. The number of carbonyl (C=O) groups excluding carboxylic acids is 2. The highest BCUT2D eigenvalue weighted by Gasteiger charge is 2.41. The standard InChI is InChI=1S/C10H16N2O2/c1-10(4-3-5-10)11-7-6-8(13)12(2)9(7)14/h7,11H,3-6H2,1-2H3. The van der Waals surface area contributed by atoms with Gasteiger partial charge < -0.3 is 5.32 Å². The van der Waals surface area contributed by atoms with E-state index >= 15 is 0 Å². The van der Waals surface area contributed by atoms with Crippen LogP contribution in [-0.4, -0.2) is 35.3 Å². The van der Waals surface area contributed by atoms with Crippen molar-refractivity contribution in [2.45, 2.75) is 44.2 Å². The Balaban J connectivity index is 1.99. The third-order valence-electron chi connectivity index (χ3n) is 3.36. The van der Waals surface area contributed by atoms with E-state index in [4.69, 9.17) is 0 Å². The van der Waals surface area contributed by atoms with E-state index in [1.54, 1.807) is 7.05 Å². The van der Waals surface area contributed by atoms with Gasteiger partial charge in [-0.05, 0) is 26.2 Å². The van der Waals surface area contributed by atoms with Crippen LogP contribution >= 0.6 is 0 Å². The smallest absolute Gasteiger partial charge is 0.246 e. The molecule has 14 heavy (non-hydrogen) atoms. The van der Waals surface area contributed by atoms with Crippen molar-refractivity contribution in [1.29, 1.82) is 0 Å². The third kappa shape index (κ3) is 1.43. The lowest BCUT2D eigenvalue weighted by Gasteiger charge is -2.41. The van der Waals surface area contributed by atoms with Crippen LogP contribution in [0.1, 0.15) is 32.6 Å². The predicted molar refractivity (Wildman–Crippen MR) is 51.6 cm³/mol. The van der Waals surface area contributed by atoms with Crippen molar-refractivity contribution in [3.05, 3.63) is 0 Å². The number of amides is 2. The molecule has 4 nitrogen and oxygen atoms in total. The minimum absolute atomic E-state index is 0.0737. The Kier molecular flexibility index (Phi) is 2.10. The average molecular weight is 196 g/mol. The second-order valence-corrected chi connectivity index (χ2v) is 4.61. The Morgan fingerprint density at radius 2 is 2.07 bits per heavy atom. The van der Waals surface area contributed by atoms with Gasteiger partial charge in [-0.3, -0.25) is 14.5 Å². The summed E-state index contributed by atoms with van der Waals surface area (Å²) in [6, 6.07) is -0.280. The SMILES string of the molecule is CN1C(=O)CC(NC2(C)CCC2)C1=O. The van der Waals surface area contributed by atoms with Gasteiger partial charge in [-0.2, -0.15) is 0 Å². The summed E-state index contributed by atoms with van der Waals surface area (Å²) in [6.45, 7) is 2.12. The van der Waals surface area contributed by atoms with Crippen LogP contribution in [0.2, 0.25) is 0 Å². The van der Waals surface area contributed by atoms with Gasteiger partial charge in [0, 0.05) is 12.6 Å². The first kappa shape index (κ1) is 9.65. The van der Waals surface area contributed by atoms with Gasteiger partial charge in [-0.1, -0.05) is 0 Å². The summed E-state index contributed by atoms with van der Waals surface area (Å²) in [5.74, 6) is -0.154. The zero-order valence-corrected chi connectivity index (χ0v) is 8.67. The second-order valence-electron chi connectivity index (χ2n) is 4.61. The molecule has 1 saturated heterocycles. The van der Waals surface area contributed by atoms with Crippen LogP contribution in [0.3, 0.4) is 0 Å². The van der Waals surface area contributed by atoms with E-state index in [-0.39, 0.29) is 23.4 Å². The van der Waals surface area contributed by atoms with E-state index in [1.807, 2.05) is 0 Å². The molecule has 78 valence electrons. The van der Waals surface area contributed by atoms with Crippen LogP contribution in [0.15, 0.2) is 0 Å². The van der Waals surface area contributed by atoms with Crippen molar-refractivity contribution < 1.29 is 9.59 Å². The number of imide groups is 1. The maximum absolute atomic E-state index is 11.6. The van der Waals surface area contributed by atoms with Gasteiger partial charge in [-0.25, -0.2) is 0 Å². The molecule has 0 aromatic rings. The number of nitrogens with zero attached hydrogens (tertiary/aromatic N) is 1. The molecule has 0 bridgehead atoms. The van der Waals surface area contributed by atoms with E-state index in [9.17, 15) is 9.59 Å². The molecule has 1 heterocycles. The van der Waals surface area contributed by atoms with Crippen molar-refractivity contribution in [3.8, 4) is 0 Å². The molecular weight excluding hydrogens is 180 g/mol. The van der Waals surface area contributed by atoms with E-state index in [0.29, 0.717) is 6.42 Å². The first-order valence-corrected chi connectivity index (χ1v) is 5.10. The van der Waals surface area contributed by atoms with Gasteiger partial charge in [0.15, 0.2) is 0 Å². The Morgan fingerprint density at radius 3 is 2.43 bits per heavy atom. The number of rotatable bonds is 2. The summed E-state index contributed by atoms with van der Waals surface area (Å²) in [4.78, 5) is 24.1. The monoisotopic (exact) mass is 196 g/mol. The summed E-state index contributed by atoms with van der Waals surface area (Å²) >= 11 is 0. The normalized spacial score (nSPS) is 30.7. The summed E-state index contributed by atoms with van der Waals surface area (Å²) in [5, 5.41) is 3.29. The van der Waals surface area contributed by atoms with Crippen molar-refractivity contribution >= 4 is 11.8 Å². The second kappa shape index (κ2) is 3.05. The number of hydrogen-bond donors (Lipinski definition) is 1. The minimum Gasteiger partial charge on any atom is -0.300 e. The van der Waals surface area contributed by atoms with E-state index in [2.05, 4.69) is 12.2 Å². The molecule has 0 aromatic carbocycles. The number of likely N-dealkylation sites (N-methyl/N-ethyl adjacent to an activating group) is 1. The average Bonchev–Trinajstić information content (AvgIpc) is 2.31. The van der Waals surface area contributed by atoms with Gasteiger partial charge in [0.1, 0.15) is 0 Å². The first-order chi connectivity index (χ1) is 6.52. The highest BCUT2D eigenvalue weighted by molar-refractivity contribution is 6.05. The lowest BCUT2D eigenvalue weighted by atomic mass is 9.78. The number of carbonyl (C=O) groups is 2. The van der Waals surface area contributed by atoms with E-state index in [1.165, 1.54) is 11.3 Å².